The maximum Gasteiger partial charge on any atom is 0.339 e. The van der Waals surface area contributed by atoms with Crippen molar-refractivity contribution in [3.63, 3.8) is 0 Å². The number of rotatable bonds is 4. The van der Waals surface area contributed by atoms with Crippen LogP contribution in [0.25, 0.3) is 11.1 Å². The average Bonchev–Trinajstić information content (AvgIpc) is 2.40. The highest BCUT2D eigenvalue weighted by Gasteiger charge is 2.12. The van der Waals surface area contributed by atoms with Crippen molar-refractivity contribution in [2.45, 2.75) is 6.92 Å². The van der Waals surface area contributed by atoms with Crippen LogP contribution in [0.3, 0.4) is 0 Å². The second-order valence-corrected chi connectivity index (χ2v) is 3.82. The van der Waals surface area contributed by atoms with Crippen LogP contribution in [-0.2, 0) is 0 Å². The van der Waals surface area contributed by atoms with Gasteiger partial charge >= 0.3 is 5.97 Å². The van der Waals surface area contributed by atoms with Crippen LogP contribution in [-0.4, -0.2) is 17.7 Å². The van der Waals surface area contributed by atoms with E-state index in [1.807, 2.05) is 43.3 Å². The van der Waals surface area contributed by atoms with Crippen LogP contribution >= 0.6 is 0 Å². The zero-order chi connectivity index (χ0) is 13.0. The van der Waals surface area contributed by atoms with E-state index in [4.69, 9.17) is 4.74 Å². The van der Waals surface area contributed by atoms with E-state index in [9.17, 15) is 9.90 Å². The molecule has 0 amide bonds. The molecule has 0 fully saturated rings. The standard InChI is InChI=1S/C15H14O3/c1-2-18-14-9-8-12(10-13(14)15(16)17)11-6-4-3-5-7-11/h3-10H,2H2,1H3,(H,16,17). The van der Waals surface area contributed by atoms with Crippen molar-refractivity contribution in [3.05, 3.63) is 54.1 Å². The van der Waals surface area contributed by atoms with Crippen LogP contribution in [0.15, 0.2) is 48.5 Å². The fourth-order valence-electron chi connectivity index (χ4n) is 1.79. The Balaban J connectivity index is 2.46. The van der Waals surface area contributed by atoms with E-state index in [1.165, 1.54) is 0 Å². The van der Waals surface area contributed by atoms with Crippen LogP contribution in [0.1, 0.15) is 17.3 Å². The van der Waals surface area contributed by atoms with Gasteiger partial charge in [-0.2, -0.15) is 0 Å². The molecule has 2 rings (SSSR count). The Morgan fingerprint density at radius 2 is 1.83 bits per heavy atom. The predicted octanol–water partition coefficient (Wildman–Crippen LogP) is 3.45. The molecular weight excluding hydrogens is 228 g/mol. The lowest BCUT2D eigenvalue weighted by molar-refractivity contribution is 0.0692. The fraction of sp³-hybridized carbons (Fsp3) is 0.133. The first-order valence-electron chi connectivity index (χ1n) is 5.78. The van der Waals surface area contributed by atoms with Crippen molar-refractivity contribution in [2.24, 2.45) is 0 Å². The monoisotopic (exact) mass is 242 g/mol. The number of aromatic carboxylic acids is 1. The Morgan fingerprint density at radius 3 is 2.44 bits per heavy atom. The van der Waals surface area contributed by atoms with E-state index in [0.29, 0.717) is 12.4 Å². The van der Waals surface area contributed by atoms with Crippen molar-refractivity contribution < 1.29 is 14.6 Å². The van der Waals surface area contributed by atoms with Gasteiger partial charge in [-0.25, -0.2) is 4.79 Å². The van der Waals surface area contributed by atoms with E-state index in [-0.39, 0.29) is 5.56 Å². The molecule has 2 aromatic rings. The highest BCUT2D eigenvalue weighted by Crippen LogP contribution is 2.26. The molecule has 1 N–H and O–H groups in total. The third-order valence-corrected chi connectivity index (χ3v) is 2.62. The van der Waals surface area contributed by atoms with Gasteiger partial charge in [0.2, 0.25) is 0 Å². The molecule has 0 atom stereocenters. The summed E-state index contributed by atoms with van der Waals surface area (Å²) < 4.78 is 5.31. The molecule has 0 spiro atoms. The molecule has 0 heterocycles. The third kappa shape index (κ3) is 2.51. The number of ether oxygens (including phenoxy) is 1. The molecule has 0 aliphatic carbocycles. The zero-order valence-corrected chi connectivity index (χ0v) is 10.1. The summed E-state index contributed by atoms with van der Waals surface area (Å²) in [6.45, 7) is 2.28. The lowest BCUT2D eigenvalue weighted by atomic mass is 10.0. The smallest absolute Gasteiger partial charge is 0.339 e. The maximum absolute atomic E-state index is 11.2. The molecule has 0 unspecified atom stereocenters. The Morgan fingerprint density at radius 1 is 1.11 bits per heavy atom. The second kappa shape index (κ2) is 5.36. The number of carboxylic acid groups (broad SMARTS) is 1. The van der Waals surface area contributed by atoms with Gasteiger partial charge in [-0.1, -0.05) is 36.4 Å². The largest absolute Gasteiger partial charge is 0.493 e. The van der Waals surface area contributed by atoms with E-state index in [2.05, 4.69) is 0 Å². The Hall–Kier alpha value is -2.29. The van der Waals surface area contributed by atoms with Crippen LogP contribution in [0.4, 0.5) is 0 Å². The average molecular weight is 242 g/mol. The third-order valence-electron chi connectivity index (χ3n) is 2.62. The summed E-state index contributed by atoms with van der Waals surface area (Å²) in [4.78, 5) is 11.2. The number of carbonyl (C=O) groups is 1. The highest BCUT2D eigenvalue weighted by atomic mass is 16.5. The maximum atomic E-state index is 11.2. The number of hydrogen-bond acceptors (Lipinski definition) is 2. The summed E-state index contributed by atoms with van der Waals surface area (Å²) in [6, 6.07) is 14.9. The van der Waals surface area contributed by atoms with Crippen molar-refractivity contribution in [2.75, 3.05) is 6.61 Å². The summed E-state index contributed by atoms with van der Waals surface area (Å²) in [7, 11) is 0. The van der Waals surface area contributed by atoms with Crippen LogP contribution in [0.2, 0.25) is 0 Å². The molecular formula is C15H14O3. The molecule has 0 aliphatic rings. The predicted molar refractivity (Wildman–Crippen MR) is 70.0 cm³/mol. The molecule has 3 heteroatoms. The molecule has 18 heavy (non-hydrogen) atoms. The highest BCUT2D eigenvalue weighted by molar-refractivity contribution is 5.92. The summed E-state index contributed by atoms with van der Waals surface area (Å²) in [5.74, 6) is -0.569. The fourth-order valence-corrected chi connectivity index (χ4v) is 1.79. The Bertz CT molecular complexity index is 547. The topological polar surface area (TPSA) is 46.5 Å². The molecule has 92 valence electrons. The van der Waals surface area contributed by atoms with Crippen molar-refractivity contribution in [1.82, 2.24) is 0 Å². The minimum Gasteiger partial charge on any atom is -0.493 e. The lowest BCUT2D eigenvalue weighted by Crippen LogP contribution is -2.03. The molecule has 0 bridgehead atoms. The molecule has 0 aromatic heterocycles. The zero-order valence-electron chi connectivity index (χ0n) is 10.1. The first-order chi connectivity index (χ1) is 8.72. The molecule has 0 saturated carbocycles. The van der Waals surface area contributed by atoms with Crippen molar-refractivity contribution in [1.29, 1.82) is 0 Å². The lowest BCUT2D eigenvalue weighted by Gasteiger charge is -2.09. The Kier molecular flexibility index (Phi) is 3.63. The molecule has 0 saturated heterocycles. The van der Waals surface area contributed by atoms with Crippen molar-refractivity contribution in [3.8, 4) is 16.9 Å². The van der Waals surface area contributed by atoms with Crippen LogP contribution in [0, 0.1) is 0 Å². The van der Waals surface area contributed by atoms with Gasteiger partial charge in [0.15, 0.2) is 0 Å². The summed E-state index contributed by atoms with van der Waals surface area (Å²) in [5, 5.41) is 9.18. The summed E-state index contributed by atoms with van der Waals surface area (Å²) in [6.07, 6.45) is 0. The Labute approximate surface area is 106 Å². The summed E-state index contributed by atoms with van der Waals surface area (Å²) in [5.41, 5.74) is 2.05. The SMILES string of the molecule is CCOc1ccc(-c2ccccc2)cc1C(=O)O. The number of hydrogen-bond donors (Lipinski definition) is 1. The van der Waals surface area contributed by atoms with Gasteiger partial charge in [-0.05, 0) is 30.2 Å². The van der Waals surface area contributed by atoms with E-state index in [1.54, 1.807) is 12.1 Å². The first-order valence-corrected chi connectivity index (χ1v) is 5.78. The van der Waals surface area contributed by atoms with Crippen molar-refractivity contribution >= 4 is 5.97 Å². The van der Waals surface area contributed by atoms with Gasteiger partial charge in [0, 0.05) is 0 Å². The quantitative estimate of drug-likeness (QED) is 0.893. The van der Waals surface area contributed by atoms with Crippen LogP contribution in [0.5, 0.6) is 5.75 Å². The minimum atomic E-state index is -0.976. The van der Waals surface area contributed by atoms with Gasteiger partial charge in [-0.3, -0.25) is 0 Å². The normalized spacial score (nSPS) is 10.1. The molecule has 0 radical (unpaired) electrons. The van der Waals surface area contributed by atoms with E-state index < -0.39 is 5.97 Å². The van der Waals surface area contributed by atoms with Gasteiger partial charge in [0.25, 0.3) is 0 Å². The molecule has 0 aliphatic heterocycles. The number of carboxylic acids is 1. The first kappa shape index (κ1) is 12.2. The van der Waals surface area contributed by atoms with Gasteiger partial charge in [-0.15, -0.1) is 0 Å². The van der Waals surface area contributed by atoms with Gasteiger partial charge < -0.3 is 9.84 Å². The minimum absolute atomic E-state index is 0.193. The summed E-state index contributed by atoms with van der Waals surface area (Å²) >= 11 is 0. The van der Waals surface area contributed by atoms with E-state index >= 15 is 0 Å². The number of benzene rings is 2. The second-order valence-electron chi connectivity index (χ2n) is 3.82. The van der Waals surface area contributed by atoms with Crippen LogP contribution < -0.4 is 4.74 Å². The van der Waals surface area contributed by atoms with Gasteiger partial charge in [0.1, 0.15) is 11.3 Å². The van der Waals surface area contributed by atoms with E-state index in [0.717, 1.165) is 11.1 Å². The van der Waals surface area contributed by atoms with Gasteiger partial charge in [0.05, 0.1) is 6.61 Å². The molecule has 2 aromatic carbocycles. The molecule has 3 nitrogen and oxygen atoms in total.